The molecule has 0 aromatic rings. The fourth-order valence-corrected chi connectivity index (χ4v) is 3.13. The van der Waals surface area contributed by atoms with Gasteiger partial charge in [-0.1, -0.05) is 0 Å². The van der Waals surface area contributed by atoms with Crippen molar-refractivity contribution in [1.29, 1.82) is 0 Å². The van der Waals surface area contributed by atoms with E-state index in [1.807, 2.05) is 12.5 Å². The van der Waals surface area contributed by atoms with Crippen LogP contribution in [0.5, 0.6) is 0 Å². The van der Waals surface area contributed by atoms with Gasteiger partial charge in [-0.05, 0) is 36.9 Å². The molecule has 3 amide bonds. The smallest absolute Gasteiger partial charge is 0.322 e. The van der Waals surface area contributed by atoms with E-state index in [-0.39, 0.29) is 5.75 Å². The van der Waals surface area contributed by atoms with Crippen LogP contribution in [0.4, 0.5) is 0 Å². The molecule has 12 heteroatoms. The van der Waals surface area contributed by atoms with Crippen LogP contribution in [0, 0.1) is 0 Å². The molecule has 27 heavy (non-hydrogen) atoms. The summed E-state index contributed by atoms with van der Waals surface area (Å²) in [5.41, 5.74) is 5.83. The summed E-state index contributed by atoms with van der Waals surface area (Å²) in [5.74, 6) is -1.50. The average molecular weight is 441 g/mol. The number of nitrogens with two attached hydrogens (primary N) is 1. The van der Waals surface area contributed by atoms with Gasteiger partial charge in [0.05, 0.1) is 6.04 Å². The van der Waals surface area contributed by atoms with E-state index < -0.39 is 48.4 Å². The molecule has 0 fully saturated rings. The summed E-state index contributed by atoms with van der Waals surface area (Å²) in [6.45, 7) is -0.560. The van der Waals surface area contributed by atoms with Crippen LogP contribution in [0.25, 0.3) is 0 Å². The molecular weight excluding hydrogens is 412 g/mol. The van der Waals surface area contributed by atoms with Gasteiger partial charge in [-0.2, -0.15) is 36.2 Å². The largest absolute Gasteiger partial charge is 0.480 e. The minimum Gasteiger partial charge on any atom is -0.480 e. The van der Waals surface area contributed by atoms with Gasteiger partial charge in [0.25, 0.3) is 0 Å². The number of hydrogen-bond acceptors (Lipinski definition) is 8. The minimum atomic E-state index is -1.20. The van der Waals surface area contributed by atoms with Crippen molar-refractivity contribution in [2.75, 3.05) is 36.3 Å². The fraction of sp³-hybridized carbons (Fsp3) is 0.733. The number of thiol groups is 1. The summed E-state index contributed by atoms with van der Waals surface area (Å²) in [4.78, 5) is 47.2. The predicted molar refractivity (Wildman–Crippen MR) is 112 cm³/mol. The molecule has 0 saturated heterocycles. The number of carbonyl (C=O) groups excluding carboxylic acids is 3. The molecular formula is C15H28N4O5S3. The number of rotatable bonds is 14. The maximum absolute atomic E-state index is 12.5. The van der Waals surface area contributed by atoms with Crippen LogP contribution < -0.4 is 21.7 Å². The van der Waals surface area contributed by atoms with Gasteiger partial charge in [-0.15, -0.1) is 0 Å². The normalized spacial score (nSPS) is 13.9. The van der Waals surface area contributed by atoms with E-state index in [0.717, 1.165) is 5.75 Å². The summed E-state index contributed by atoms with van der Waals surface area (Å²) in [6, 6.07) is -2.58. The zero-order valence-corrected chi connectivity index (χ0v) is 17.9. The standard InChI is InChI=1S/C15H28N4O5S3/c1-26-5-3-9(16)13(22)18-10(4-6-27-2)15(24)19-11(8-25)14(23)17-7-12(20)21/h9-11,25H,3-8,16H2,1-2H3,(H,17,23)(H,18,22)(H,19,24)(H,20,21). The molecule has 0 aromatic carbocycles. The first-order valence-corrected chi connectivity index (χ1v) is 11.6. The Kier molecular flexibility index (Phi) is 14.3. The molecule has 0 saturated carbocycles. The van der Waals surface area contributed by atoms with Gasteiger partial charge >= 0.3 is 5.97 Å². The Balaban J connectivity index is 4.89. The molecule has 3 unspecified atom stereocenters. The number of hydrogen-bond donors (Lipinski definition) is 6. The van der Waals surface area contributed by atoms with E-state index in [2.05, 4.69) is 28.6 Å². The second kappa shape index (κ2) is 14.9. The summed E-state index contributed by atoms with van der Waals surface area (Å²) in [7, 11) is 0. The SMILES string of the molecule is CSCCC(N)C(=O)NC(CCSC)C(=O)NC(CS)C(=O)NCC(=O)O. The molecule has 0 aliphatic heterocycles. The second-order valence-electron chi connectivity index (χ2n) is 5.59. The lowest BCUT2D eigenvalue weighted by molar-refractivity contribution is -0.138. The molecule has 0 aliphatic rings. The van der Waals surface area contributed by atoms with Gasteiger partial charge in [-0.25, -0.2) is 0 Å². The van der Waals surface area contributed by atoms with Gasteiger partial charge in [0.1, 0.15) is 18.6 Å². The molecule has 3 atom stereocenters. The van der Waals surface area contributed by atoms with Crippen LogP contribution in [0.3, 0.4) is 0 Å². The van der Waals surface area contributed by atoms with Crippen LogP contribution in [0.1, 0.15) is 12.8 Å². The van der Waals surface area contributed by atoms with E-state index >= 15 is 0 Å². The van der Waals surface area contributed by atoms with Gasteiger partial charge in [0.2, 0.25) is 17.7 Å². The highest BCUT2D eigenvalue weighted by Gasteiger charge is 2.27. The van der Waals surface area contributed by atoms with Crippen LogP contribution in [0.2, 0.25) is 0 Å². The zero-order valence-electron chi connectivity index (χ0n) is 15.4. The molecule has 0 aliphatic carbocycles. The van der Waals surface area contributed by atoms with Crippen molar-refractivity contribution in [2.24, 2.45) is 5.73 Å². The third kappa shape index (κ3) is 11.4. The Hall–Kier alpha value is -1.11. The third-order valence-electron chi connectivity index (χ3n) is 3.44. The number of carboxylic acids is 1. The van der Waals surface area contributed by atoms with Gasteiger partial charge in [-0.3, -0.25) is 19.2 Å². The van der Waals surface area contributed by atoms with Crippen molar-refractivity contribution < 1.29 is 24.3 Å². The first-order chi connectivity index (χ1) is 12.8. The summed E-state index contributed by atoms with van der Waals surface area (Å²) in [6.07, 6.45) is 4.63. The van der Waals surface area contributed by atoms with Crippen molar-refractivity contribution in [3.63, 3.8) is 0 Å². The molecule has 0 bridgehead atoms. The van der Waals surface area contributed by atoms with E-state index in [9.17, 15) is 19.2 Å². The highest BCUT2D eigenvalue weighted by atomic mass is 32.2. The van der Waals surface area contributed by atoms with Crippen molar-refractivity contribution >= 4 is 59.8 Å². The fourth-order valence-electron chi connectivity index (χ4n) is 1.91. The third-order valence-corrected chi connectivity index (χ3v) is 5.10. The lowest BCUT2D eigenvalue weighted by atomic mass is 10.1. The molecule has 0 heterocycles. The molecule has 156 valence electrons. The lowest BCUT2D eigenvalue weighted by Crippen LogP contribution is -2.56. The molecule has 0 rings (SSSR count). The van der Waals surface area contributed by atoms with E-state index in [4.69, 9.17) is 10.8 Å². The molecule has 0 spiro atoms. The van der Waals surface area contributed by atoms with Crippen molar-refractivity contribution in [1.82, 2.24) is 16.0 Å². The predicted octanol–water partition coefficient (Wildman–Crippen LogP) is -1.08. The van der Waals surface area contributed by atoms with Gasteiger partial charge in [0.15, 0.2) is 0 Å². The molecule has 0 aromatic heterocycles. The Bertz CT molecular complexity index is 510. The van der Waals surface area contributed by atoms with Crippen molar-refractivity contribution in [3.05, 3.63) is 0 Å². The van der Waals surface area contributed by atoms with Crippen LogP contribution in [-0.2, 0) is 19.2 Å². The highest BCUT2D eigenvalue weighted by Crippen LogP contribution is 2.04. The maximum Gasteiger partial charge on any atom is 0.322 e. The first kappa shape index (κ1) is 25.9. The summed E-state index contributed by atoms with van der Waals surface area (Å²) in [5, 5.41) is 15.9. The minimum absolute atomic E-state index is 0.0202. The molecule has 0 radical (unpaired) electrons. The second-order valence-corrected chi connectivity index (χ2v) is 7.92. The monoisotopic (exact) mass is 440 g/mol. The number of carboxylic acid groups (broad SMARTS) is 1. The summed E-state index contributed by atoms with van der Waals surface area (Å²) < 4.78 is 0. The Morgan fingerprint density at radius 2 is 1.52 bits per heavy atom. The topological polar surface area (TPSA) is 151 Å². The van der Waals surface area contributed by atoms with Crippen molar-refractivity contribution in [2.45, 2.75) is 31.0 Å². The molecule has 6 N–H and O–H groups in total. The number of nitrogens with one attached hydrogen (secondary N) is 3. The van der Waals surface area contributed by atoms with E-state index in [1.54, 1.807) is 11.8 Å². The quantitative estimate of drug-likeness (QED) is 0.187. The zero-order chi connectivity index (χ0) is 20.8. The Morgan fingerprint density at radius 3 is 2.04 bits per heavy atom. The average Bonchev–Trinajstić information content (AvgIpc) is 2.64. The number of amides is 3. The Labute approximate surface area is 173 Å². The number of aliphatic carboxylic acids is 1. The van der Waals surface area contributed by atoms with Crippen LogP contribution in [-0.4, -0.2) is 83.2 Å². The number of thioether (sulfide) groups is 2. The molecule has 9 nitrogen and oxygen atoms in total. The van der Waals surface area contributed by atoms with Crippen LogP contribution >= 0.6 is 36.2 Å². The lowest BCUT2D eigenvalue weighted by Gasteiger charge is -2.23. The van der Waals surface area contributed by atoms with Crippen LogP contribution in [0.15, 0.2) is 0 Å². The van der Waals surface area contributed by atoms with Gasteiger partial charge in [0, 0.05) is 5.75 Å². The highest BCUT2D eigenvalue weighted by molar-refractivity contribution is 7.98. The summed E-state index contributed by atoms with van der Waals surface area (Å²) >= 11 is 7.10. The van der Waals surface area contributed by atoms with Crippen molar-refractivity contribution in [3.8, 4) is 0 Å². The maximum atomic E-state index is 12.5. The number of carbonyl (C=O) groups is 4. The van der Waals surface area contributed by atoms with E-state index in [0.29, 0.717) is 18.6 Å². The van der Waals surface area contributed by atoms with Gasteiger partial charge < -0.3 is 26.8 Å². The first-order valence-electron chi connectivity index (χ1n) is 8.21. The Morgan fingerprint density at radius 1 is 0.963 bits per heavy atom. The van der Waals surface area contributed by atoms with E-state index in [1.165, 1.54) is 11.8 Å².